The van der Waals surface area contributed by atoms with E-state index in [-0.39, 0.29) is 6.03 Å². The Kier molecular flexibility index (Phi) is 6.46. The molecule has 0 bridgehead atoms. The van der Waals surface area contributed by atoms with Crippen LogP contribution >= 0.6 is 0 Å². The number of morpholine rings is 1. The van der Waals surface area contributed by atoms with Gasteiger partial charge >= 0.3 is 6.03 Å². The summed E-state index contributed by atoms with van der Waals surface area (Å²) >= 11 is 0. The number of benzene rings is 1. The minimum absolute atomic E-state index is 0.353. The second-order valence-corrected chi connectivity index (χ2v) is 7.64. The average Bonchev–Trinajstić information content (AvgIpc) is 2.80. The number of anilines is 5. The molecule has 3 aromatic rings. The van der Waals surface area contributed by atoms with Crippen molar-refractivity contribution in [2.45, 2.75) is 13.8 Å². The van der Waals surface area contributed by atoms with Gasteiger partial charge in [0.05, 0.1) is 13.2 Å². The van der Waals surface area contributed by atoms with E-state index in [1.54, 1.807) is 12.3 Å². The molecule has 2 N–H and O–H groups in total. The number of pyridine rings is 1. The molecule has 1 aliphatic heterocycles. The van der Waals surface area contributed by atoms with E-state index in [9.17, 15) is 4.79 Å². The molecule has 4 rings (SSSR count). The fourth-order valence-corrected chi connectivity index (χ4v) is 3.41. The Morgan fingerprint density at radius 2 is 1.88 bits per heavy atom. The van der Waals surface area contributed by atoms with Crippen LogP contribution in [0.4, 0.5) is 33.6 Å². The average molecular weight is 434 g/mol. The largest absolute Gasteiger partial charge is 0.378 e. The highest BCUT2D eigenvalue weighted by atomic mass is 16.5. The zero-order valence-corrected chi connectivity index (χ0v) is 18.5. The number of carbonyl (C=O) groups excluding carboxylic acids is 1. The van der Waals surface area contributed by atoms with Gasteiger partial charge in [0.2, 0.25) is 0 Å². The number of hydrogen-bond acceptors (Lipinski definition) is 7. The highest BCUT2D eigenvalue weighted by molar-refractivity contribution is 5.99. The molecule has 2 aromatic heterocycles. The van der Waals surface area contributed by atoms with Gasteiger partial charge in [-0.3, -0.25) is 5.32 Å². The Balaban J connectivity index is 1.48. The van der Waals surface area contributed by atoms with Crippen LogP contribution < -0.4 is 20.4 Å². The number of carbonyl (C=O) groups is 1. The second-order valence-electron chi connectivity index (χ2n) is 7.64. The standard InChI is InChI=1S/C23H27N7O2/c1-16-7-8-20(24-15-16)28-23(31)27-18-5-4-6-19(13-18)29(3)21-14-22(26-17(2)25-21)30-9-11-32-12-10-30/h4-8,13-15H,9-12H2,1-3H3,(H2,24,27,28,31). The highest BCUT2D eigenvalue weighted by Gasteiger charge is 2.16. The molecular formula is C23H27N7O2. The van der Waals surface area contributed by atoms with Crippen molar-refractivity contribution in [1.29, 1.82) is 0 Å². The number of rotatable bonds is 5. The summed E-state index contributed by atoms with van der Waals surface area (Å²) in [5.74, 6) is 2.87. The van der Waals surface area contributed by atoms with Gasteiger partial charge in [-0.05, 0) is 43.7 Å². The summed E-state index contributed by atoms with van der Waals surface area (Å²) in [5, 5.41) is 5.59. The lowest BCUT2D eigenvalue weighted by atomic mass is 10.2. The van der Waals surface area contributed by atoms with Crippen molar-refractivity contribution in [3.63, 3.8) is 0 Å². The topological polar surface area (TPSA) is 95.5 Å². The molecule has 0 unspecified atom stereocenters. The van der Waals surface area contributed by atoms with Crippen LogP contribution in [0.25, 0.3) is 0 Å². The Bertz CT molecular complexity index is 1080. The van der Waals surface area contributed by atoms with E-state index in [2.05, 4.69) is 30.5 Å². The van der Waals surface area contributed by atoms with Gasteiger partial charge in [-0.25, -0.2) is 19.7 Å². The predicted molar refractivity (Wildman–Crippen MR) is 126 cm³/mol. The predicted octanol–water partition coefficient (Wildman–Crippen LogP) is 3.74. The molecule has 1 fully saturated rings. The van der Waals surface area contributed by atoms with E-state index in [1.807, 2.05) is 62.2 Å². The molecule has 3 heterocycles. The molecule has 0 aliphatic carbocycles. The first-order valence-electron chi connectivity index (χ1n) is 10.5. The molecule has 1 aromatic carbocycles. The number of nitrogens with one attached hydrogen (secondary N) is 2. The first kappa shape index (κ1) is 21.5. The summed E-state index contributed by atoms with van der Waals surface area (Å²) in [5.41, 5.74) is 2.59. The summed E-state index contributed by atoms with van der Waals surface area (Å²) in [7, 11) is 1.94. The zero-order chi connectivity index (χ0) is 22.5. The number of aryl methyl sites for hydroxylation is 2. The monoisotopic (exact) mass is 433 g/mol. The number of ether oxygens (including phenoxy) is 1. The molecule has 0 radical (unpaired) electrons. The van der Waals surface area contributed by atoms with Crippen LogP contribution in [0.5, 0.6) is 0 Å². The van der Waals surface area contributed by atoms with Crippen molar-refractivity contribution in [2.24, 2.45) is 0 Å². The fraction of sp³-hybridized carbons (Fsp3) is 0.304. The molecule has 1 saturated heterocycles. The van der Waals surface area contributed by atoms with E-state index in [4.69, 9.17) is 4.74 Å². The van der Waals surface area contributed by atoms with Gasteiger partial charge in [0.15, 0.2) is 0 Å². The van der Waals surface area contributed by atoms with Crippen LogP contribution in [-0.2, 0) is 4.74 Å². The summed E-state index contributed by atoms with van der Waals surface area (Å²) in [4.78, 5) is 29.9. The Labute approximate surface area is 187 Å². The van der Waals surface area contributed by atoms with Crippen LogP contribution in [-0.4, -0.2) is 54.3 Å². The van der Waals surface area contributed by atoms with Crippen molar-refractivity contribution >= 4 is 34.9 Å². The lowest BCUT2D eigenvalue weighted by Crippen LogP contribution is -2.37. The SMILES string of the molecule is Cc1ccc(NC(=O)Nc2cccc(N(C)c3cc(N4CCOCC4)nc(C)n3)c2)nc1. The first-order chi connectivity index (χ1) is 15.5. The molecular weight excluding hydrogens is 406 g/mol. The molecule has 32 heavy (non-hydrogen) atoms. The smallest absolute Gasteiger partial charge is 0.324 e. The van der Waals surface area contributed by atoms with Gasteiger partial charge < -0.3 is 19.9 Å². The quantitative estimate of drug-likeness (QED) is 0.633. The third-order valence-electron chi connectivity index (χ3n) is 5.13. The minimum atomic E-state index is -0.353. The van der Waals surface area contributed by atoms with Crippen molar-refractivity contribution in [2.75, 3.05) is 53.8 Å². The molecule has 9 heteroatoms. The fourth-order valence-electron chi connectivity index (χ4n) is 3.41. The van der Waals surface area contributed by atoms with Crippen LogP contribution in [0.1, 0.15) is 11.4 Å². The Hall–Kier alpha value is -3.72. The maximum absolute atomic E-state index is 12.4. The van der Waals surface area contributed by atoms with Gasteiger partial charge in [0, 0.05) is 43.8 Å². The lowest BCUT2D eigenvalue weighted by Gasteiger charge is -2.29. The molecule has 0 atom stereocenters. The van der Waals surface area contributed by atoms with E-state index in [0.717, 1.165) is 36.0 Å². The Morgan fingerprint density at radius 3 is 2.62 bits per heavy atom. The molecule has 9 nitrogen and oxygen atoms in total. The minimum Gasteiger partial charge on any atom is -0.378 e. The van der Waals surface area contributed by atoms with E-state index >= 15 is 0 Å². The van der Waals surface area contributed by atoms with Crippen molar-refractivity contribution in [3.8, 4) is 0 Å². The van der Waals surface area contributed by atoms with Crippen LogP contribution in [0.15, 0.2) is 48.7 Å². The summed E-state index contributed by atoms with van der Waals surface area (Å²) in [6.45, 7) is 6.85. The molecule has 0 saturated carbocycles. The maximum Gasteiger partial charge on any atom is 0.324 e. The van der Waals surface area contributed by atoms with Crippen LogP contribution in [0.3, 0.4) is 0 Å². The molecule has 0 spiro atoms. The summed E-state index contributed by atoms with van der Waals surface area (Å²) in [6, 6.07) is 12.9. The van der Waals surface area contributed by atoms with Crippen molar-refractivity contribution in [3.05, 3.63) is 60.0 Å². The number of hydrogen-bond donors (Lipinski definition) is 2. The van der Waals surface area contributed by atoms with Crippen molar-refractivity contribution in [1.82, 2.24) is 15.0 Å². The van der Waals surface area contributed by atoms with E-state index in [0.29, 0.717) is 30.5 Å². The maximum atomic E-state index is 12.4. The normalized spacial score (nSPS) is 13.5. The number of amides is 2. The number of nitrogens with zero attached hydrogens (tertiary/aromatic N) is 5. The van der Waals surface area contributed by atoms with Gasteiger partial charge in [-0.15, -0.1) is 0 Å². The second kappa shape index (κ2) is 9.61. The Morgan fingerprint density at radius 1 is 1.06 bits per heavy atom. The lowest BCUT2D eigenvalue weighted by molar-refractivity contribution is 0.122. The highest BCUT2D eigenvalue weighted by Crippen LogP contribution is 2.27. The summed E-state index contributed by atoms with van der Waals surface area (Å²) in [6.07, 6.45) is 1.71. The van der Waals surface area contributed by atoms with Gasteiger partial charge in [-0.1, -0.05) is 12.1 Å². The van der Waals surface area contributed by atoms with Crippen LogP contribution in [0.2, 0.25) is 0 Å². The van der Waals surface area contributed by atoms with E-state index in [1.165, 1.54) is 0 Å². The van der Waals surface area contributed by atoms with Gasteiger partial charge in [0.25, 0.3) is 0 Å². The van der Waals surface area contributed by atoms with Crippen LogP contribution in [0, 0.1) is 13.8 Å². The number of aromatic nitrogens is 3. The van der Waals surface area contributed by atoms with Gasteiger partial charge in [-0.2, -0.15) is 0 Å². The first-order valence-corrected chi connectivity index (χ1v) is 10.5. The summed E-state index contributed by atoms with van der Waals surface area (Å²) < 4.78 is 5.45. The third kappa shape index (κ3) is 5.30. The van der Waals surface area contributed by atoms with Crippen molar-refractivity contribution < 1.29 is 9.53 Å². The van der Waals surface area contributed by atoms with E-state index < -0.39 is 0 Å². The zero-order valence-electron chi connectivity index (χ0n) is 18.5. The molecule has 2 amide bonds. The number of urea groups is 1. The third-order valence-corrected chi connectivity index (χ3v) is 5.13. The molecule has 166 valence electrons. The van der Waals surface area contributed by atoms with Gasteiger partial charge in [0.1, 0.15) is 23.3 Å². The molecule has 1 aliphatic rings.